The summed E-state index contributed by atoms with van der Waals surface area (Å²) >= 11 is 3.97. The molecule has 0 saturated carbocycles. The summed E-state index contributed by atoms with van der Waals surface area (Å²) in [6.45, 7) is 1.61. The highest BCUT2D eigenvalue weighted by Gasteiger charge is 2.19. The van der Waals surface area contributed by atoms with Gasteiger partial charge >= 0.3 is 5.97 Å². The molecule has 0 aliphatic heterocycles. The summed E-state index contributed by atoms with van der Waals surface area (Å²) in [5.74, 6) is -1.06. The number of rotatable bonds is 5. The lowest BCUT2D eigenvalue weighted by molar-refractivity contribution is -0.113. The van der Waals surface area contributed by atoms with Crippen LogP contribution < -0.4 is 5.32 Å². The molecule has 5 nitrogen and oxygen atoms in total. The van der Waals surface area contributed by atoms with Crippen LogP contribution >= 0.6 is 34.6 Å². The molecule has 0 unspecified atom stereocenters. The number of carbonyl (C=O) groups excluding carboxylic acids is 1. The number of anilines is 1. The summed E-state index contributed by atoms with van der Waals surface area (Å²) in [7, 11) is 0. The van der Waals surface area contributed by atoms with Gasteiger partial charge in [0.05, 0.1) is 15.7 Å². The van der Waals surface area contributed by atoms with E-state index in [2.05, 4.69) is 9.69 Å². The summed E-state index contributed by atoms with van der Waals surface area (Å²) in [6.07, 6.45) is 0. The maximum atomic E-state index is 11.8. The Morgan fingerprint density at radius 3 is 2.95 bits per heavy atom. The first kappa shape index (κ1) is 14.0. The Bertz CT molecular complexity index is 592. The Balaban J connectivity index is 1.97. The summed E-state index contributed by atoms with van der Waals surface area (Å²) in [5.41, 5.74) is 0.484. The van der Waals surface area contributed by atoms with Crippen molar-refractivity contribution >= 4 is 51.5 Å². The highest BCUT2D eigenvalue weighted by molar-refractivity contribution is 8.01. The number of hydrogen-bond acceptors (Lipinski definition) is 6. The van der Waals surface area contributed by atoms with Gasteiger partial charge in [0, 0.05) is 0 Å². The van der Waals surface area contributed by atoms with E-state index in [1.54, 1.807) is 18.3 Å². The van der Waals surface area contributed by atoms with Gasteiger partial charge in [0.2, 0.25) is 5.91 Å². The number of carboxylic acids is 1. The third kappa shape index (κ3) is 3.55. The molecule has 0 aliphatic rings. The average Bonchev–Trinajstić information content (AvgIpc) is 2.96. The topological polar surface area (TPSA) is 79.3 Å². The zero-order chi connectivity index (χ0) is 13.8. The molecule has 0 spiro atoms. The number of thioether (sulfide) groups is 1. The molecule has 1 amide bonds. The lowest BCUT2D eigenvalue weighted by atomic mass is 10.2. The minimum Gasteiger partial charge on any atom is -0.478 e. The molecule has 0 fully saturated rings. The molecule has 0 bridgehead atoms. The SMILES string of the molecule is Cc1nsc(NC(=O)CSc2cccs2)c1C(=O)O. The second kappa shape index (κ2) is 6.18. The third-order valence-electron chi connectivity index (χ3n) is 2.17. The molecule has 0 radical (unpaired) electrons. The number of nitrogens with one attached hydrogen (secondary N) is 1. The molecule has 0 saturated heterocycles. The van der Waals surface area contributed by atoms with Gasteiger partial charge in [0.15, 0.2) is 0 Å². The Morgan fingerprint density at radius 2 is 2.32 bits per heavy atom. The predicted molar refractivity (Wildman–Crippen MR) is 77.5 cm³/mol. The van der Waals surface area contributed by atoms with E-state index in [0.29, 0.717) is 10.7 Å². The van der Waals surface area contributed by atoms with Crippen LogP contribution in [0, 0.1) is 6.92 Å². The smallest absolute Gasteiger partial charge is 0.340 e. The van der Waals surface area contributed by atoms with Crippen molar-refractivity contribution in [2.75, 3.05) is 11.1 Å². The molecule has 8 heteroatoms. The molecule has 0 atom stereocenters. The van der Waals surface area contributed by atoms with Gasteiger partial charge in [-0.1, -0.05) is 6.07 Å². The van der Waals surface area contributed by atoms with E-state index in [9.17, 15) is 9.59 Å². The standard InChI is InChI=1S/C11H10N2O3S3/c1-6-9(11(15)16)10(19-13-6)12-7(14)5-18-8-3-2-4-17-8/h2-4H,5H2,1H3,(H,12,14)(H,15,16). The average molecular weight is 314 g/mol. The van der Waals surface area contributed by atoms with E-state index < -0.39 is 5.97 Å². The highest BCUT2D eigenvalue weighted by Crippen LogP contribution is 2.26. The number of aromatic nitrogens is 1. The fourth-order valence-corrected chi connectivity index (χ4v) is 3.74. The van der Waals surface area contributed by atoms with Crippen LogP contribution in [0.25, 0.3) is 0 Å². The molecule has 2 rings (SSSR count). The Hall–Kier alpha value is -1.38. The molecule has 100 valence electrons. The Morgan fingerprint density at radius 1 is 1.53 bits per heavy atom. The van der Waals surface area contributed by atoms with Crippen LogP contribution in [0.5, 0.6) is 0 Å². The lowest BCUT2D eigenvalue weighted by Gasteiger charge is -2.02. The molecule has 2 heterocycles. The zero-order valence-electron chi connectivity index (χ0n) is 9.87. The molecule has 0 aliphatic carbocycles. The number of aryl methyl sites for hydroxylation is 1. The van der Waals surface area contributed by atoms with Crippen molar-refractivity contribution < 1.29 is 14.7 Å². The van der Waals surface area contributed by atoms with Gasteiger partial charge in [-0.3, -0.25) is 4.79 Å². The van der Waals surface area contributed by atoms with Crippen molar-refractivity contribution in [2.24, 2.45) is 0 Å². The van der Waals surface area contributed by atoms with Crippen molar-refractivity contribution in [1.82, 2.24) is 4.37 Å². The van der Waals surface area contributed by atoms with E-state index in [4.69, 9.17) is 5.11 Å². The predicted octanol–water partition coefficient (Wildman–Crippen LogP) is 2.94. The first-order valence-corrected chi connectivity index (χ1v) is 7.87. The Kier molecular flexibility index (Phi) is 4.56. The number of carboxylic acid groups (broad SMARTS) is 1. The van der Waals surface area contributed by atoms with Crippen molar-refractivity contribution in [2.45, 2.75) is 11.1 Å². The number of amides is 1. The maximum absolute atomic E-state index is 11.8. The van der Waals surface area contributed by atoms with Crippen LogP contribution in [0.2, 0.25) is 0 Å². The molecule has 2 aromatic rings. The zero-order valence-corrected chi connectivity index (χ0v) is 12.3. The van der Waals surface area contributed by atoms with Gasteiger partial charge in [-0.25, -0.2) is 4.79 Å². The molecule has 19 heavy (non-hydrogen) atoms. The van der Waals surface area contributed by atoms with E-state index >= 15 is 0 Å². The largest absolute Gasteiger partial charge is 0.478 e. The summed E-state index contributed by atoms with van der Waals surface area (Å²) in [5, 5.41) is 13.9. The van der Waals surface area contributed by atoms with Crippen LogP contribution in [0.4, 0.5) is 5.00 Å². The minimum atomic E-state index is -1.08. The van der Waals surface area contributed by atoms with E-state index in [0.717, 1.165) is 15.7 Å². The molecule has 0 aromatic carbocycles. The highest BCUT2D eigenvalue weighted by atomic mass is 32.2. The van der Waals surface area contributed by atoms with Crippen LogP contribution in [-0.4, -0.2) is 27.1 Å². The Labute approximate surface area is 121 Å². The van der Waals surface area contributed by atoms with Crippen LogP contribution in [-0.2, 0) is 4.79 Å². The van der Waals surface area contributed by atoms with E-state index in [-0.39, 0.29) is 17.2 Å². The normalized spacial score (nSPS) is 10.4. The van der Waals surface area contributed by atoms with E-state index in [1.165, 1.54) is 11.8 Å². The molecule has 2 N–H and O–H groups in total. The second-order valence-electron chi connectivity index (χ2n) is 3.55. The second-order valence-corrected chi connectivity index (χ2v) is 6.54. The fourth-order valence-electron chi connectivity index (χ4n) is 1.35. The van der Waals surface area contributed by atoms with Gasteiger partial charge in [0.25, 0.3) is 0 Å². The van der Waals surface area contributed by atoms with Crippen molar-refractivity contribution in [3.8, 4) is 0 Å². The molecule has 2 aromatic heterocycles. The third-order valence-corrected chi connectivity index (χ3v) is 5.16. The fraction of sp³-hybridized carbons (Fsp3) is 0.182. The first-order chi connectivity index (χ1) is 9.08. The van der Waals surface area contributed by atoms with Crippen LogP contribution in [0.3, 0.4) is 0 Å². The van der Waals surface area contributed by atoms with Gasteiger partial charge in [-0.15, -0.1) is 23.1 Å². The van der Waals surface area contributed by atoms with Crippen LogP contribution in [0.15, 0.2) is 21.7 Å². The summed E-state index contributed by atoms with van der Waals surface area (Å²) in [6, 6.07) is 3.85. The maximum Gasteiger partial charge on any atom is 0.340 e. The van der Waals surface area contributed by atoms with Gasteiger partial charge < -0.3 is 10.4 Å². The molecular formula is C11H10N2O3S3. The number of thiophene rings is 1. The quantitative estimate of drug-likeness (QED) is 0.830. The van der Waals surface area contributed by atoms with Gasteiger partial charge in [-0.2, -0.15) is 4.37 Å². The number of hydrogen-bond donors (Lipinski definition) is 2. The van der Waals surface area contributed by atoms with Crippen molar-refractivity contribution in [1.29, 1.82) is 0 Å². The molecular weight excluding hydrogens is 304 g/mol. The van der Waals surface area contributed by atoms with Gasteiger partial charge in [-0.05, 0) is 29.9 Å². The lowest BCUT2D eigenvalue weighted by Crippen LogP contribution is -2.15. The monoisotopic (exact) mass is 314 g/mol. The van der Waals surface area contributed by atoms with Crippen molar-refractivity contribution in [3.05, 3.63) is 28.8 Å². The number of aromatic carboxylic acids is 1. The van der Waals surface area contributed by atoms with Crippen LogP contribution in [0.1, 0.15) is 16.1 Å². The summed E-state index contributed by atoms with van der Waals surface area (Å²) in [4.78, 5) is 22.8. The minimum absolute atomic E-state index is 0.0690. The van der Waals surface area contributed by atoms with E-state index in [1.807, 2.05) is 17.5 Å². The number of nitrogens with zero attached hydrogens (tertiary/aromatic N) is 1. The number of carbonyl (C=O) groups is 2. The summed E-state index contributed by atoms with van der Waals surface area (Å²) < 4.78 is 4.99. The van der Waals surface area contributed by atoms with Crippen molar-refractivity contribution in [3.63, 3.8) is 0 Å². The first-order valence-electron chi connectivity index (χ1n) is 5.23. The van der Waals surface area contributed by atoms with Gasteiger partial charge in [0.1, 0.15) is 10.6 Å².